The van der Waals surface area contributed by atoms with Gasteiger partial charge in [0, 0.05) is 6.54 Å². The summed E-state index contributed by atoms with van der Waals surface area (Å²) >= 11 is 0. The van der Waals surface area contributed by atoms with Crippen LogP contribution in [0.25, 0.3) is 0 Å². The van der Waals surface area contributed by atoms with Gasteiger partial charge in [0.25, 0.3) is 0 Å². The molecule has 2 aromatic carbocycles. The van der Waals surface area contributed by atoms with Crippen molar-refractivity contribution in [2.24, 2.45) is 0 Å². The molecule has 0 aliphatic rings. The summed E-state index contributed by atoms with van der Waals surface area (Å²) in [7, 11) is 0. The zero-order valence-corrected chi connectivity index (χ0v) is 15.5. The quantitative estimate of drug-likeness (QED) is 0.584. The van der Waals surface area contributed by atoms with Crippen molar-refractivity contribution in [3.63, 3.8) is 0 Å². The fourth-order valence-corrected chi connectivity index (χ4v) is 2.09. The van der Waals surface area contributed by atoms with E-state index >= 15 is 0 Å². The van der Waals surface area contributed by atoms with Crippen molar-refractivity contribution in [2.45, 2.75) is 20.3 Å². The van der Waals surface area contributed by atoms with Crippen LogP contribution >= 0.6 is 12.4 Å². The molecule has 6 nitrogen and oxygen atoms in total. The summed E-state index contributed by atoms with van der Waals surface area (Å²) in [4.78, 5) is 33.3. The lowest BCUT2D eigenvalue weighted by molar-refractivity contribution is -0.150. The molecule has 0 fully saturated rings. The Bertz CT molecular complexity index is 721. The highest BCUT2D eigenvalue weighted by molar-refractivity contribution is 5.88. The largest absolute Gasteiger partial charge is 0.450 e. The first kappa shape index (κ1) is 21.3. The summed E-state index contributed by atoms with van der Waals surface area (Å²) in [6, 6.07) is 14.2. The molecule has 26 heavy (non-hydrogen) atoms. The van der Waals surface area contributed by atoms with Gasteiger partial charge in [0.2, 0.25) is 0 Å². The SMILES string of the molecule is CCOC(=O)NCCc1ccc(C)c(OOC(=O)c2ccccc2)c1.Cl. The van der Waals surface area contributed by atoms with Gasteiger partial charge in [-0.3, -0.25) is 4.89 Å². The van der Waals surface area contributed by atoms with E-state index in [0.717, 1.165) is 11.1 Å². The van der Waals surface area contributed by atoms with Crippen LogP contribution in [0.5, 0.6) is 5.75 Å². The smallest absolute Gasteiger partial charge is 0.407 e. The van der Waals surface area contributed by atoms with Crippen LogP contribution in [0.2, 0.25) is 0 Å². The molecule has 1 N–H and O–H groups in total. The average Bonchev–Trinajstić information content (AvgIpc) is 2.62. The lowest BCUT2D eigenvalue weighted by Gasteiger charge is -2.10. The van der Waals surface area contributed by atoms with Gasteiger partial charge in [0.05, 0.1) is 12.2 Å². The first-order valence-corrected chi connectivity index (χ1v) is 8.04. The molecule has 0 atom stereocenters. The van der Waals surface area contributed by atoms with Gasteiger partial charge in [-0.1, -0.05) is 30.3 Å². The molecular weight excluding hydrogens is 358 g/mol. The normalized spacial score (nSPS) is 9.62. The molecule has 2 aromatic rings. The third-order valence-corrected chi connectivity index (χ3v) is 3.43. The number of nitrogens with one attached hydrogen (secondary N) is 1. The van der Waals surface area contributed by atoms with E-state index in [-0.39, 0.29) is 12.4 Å². The lowest BCUT2D eigenvalue weighted by atomic mass is 10.1. The molecule has 2 rings (SSSR count). The van der Waals surface area contributed by atoms with Gasteiger partial charge in [0.15, 0.2) is 5.75 Å². The molecule has 0 aliphatic carbocycles. The molecule has 0 saturated heterocycles. The molecular formula is C19H22ClNO5. The predicted octanol–water partition coefficient (Wildman–Crippen LogP) is 3.86. The maximum Gasteiger partial charge on any atom is 0.407 e. The van der Waals surface area contributed by atoms with Crippen LogP contribution in [0.3, 0.4) is 0 Å². The standard InChI is InChI=1S/C19H21NO5.ClH/c1-3-23-19(22)20-12-11-15-10-9-14(2)17(13-15)24-25-18(21)16-7-5-4-6-8-16;/h4-10,13H,3,11-12H2,1-2H3,(H,20,22);1H. The molecule has 0 spiro atoms. The Morgan fingerprint density at radius 2 is 1.81 bits per heavy atom. The van der Waals surface area contributed by atoms with Crippen LogP contribution in [-0.4, -0.2) is 25.2 Å². The van der Waals surface area contributed by atoms with E-state index in [0.29, 0.717) is 30.9 Å². The maximum atomic E-state index is 11.9. The zero-order chi connectivity index (χ0) is 18.1. The summed E-state index contributed by atoms with van der Waals surface area (Å²) in [5.41, 5.74) is 2.19. The van der Waals surface area contributed by atoms with Crippen molar-refractivity contribution in [1.82, 2.24) is 5.32 Å². The molecule has 0 bridgehead atoms. The van der Waals surface area contributed by atoms with Crippen LogP contribution in [0.15, 0.2) is 48.5 Å². The Labute approximate surface area is 158 Å². The van der Waals surface area contributed by atoms with Gasteiger partial charge in [-0.2, -0.15) is 0 Å². The van der Waals surface area contributed by atoms with E-state index < -0.39 is 12.1 Å². The Morgan fingerprint density at radius 1 is 1.08 bits per heavy atom. The molecule has 140 valence electrons. The highest BCUT2D eigenvalue weighted by atomic mass is 35.5. The molecule has 0 aromatic heterocycles. The van der Waals surface area contributed by atoms with Crippen molar-refractivity contribution in [3.05, 3.63) is 65.2 Å². The second-order valence-electron chi connectivity index (χ2n) is 5.32. The van der Waals surface area contributed by atoms with E-state index in [1.165, 1.54) is 0 Å². The van der Waals surface area contributed by atoms with Gasteiger partial charge in [0.1, 0.15) is 0 Å². The van der Waals surface area contributed by atoms with E-state index in [1.54, 1.807) is 37.3 Å². The van der Waals surface area contributed by atoms with Gasteiger partial charge < -0.3 is 10.1 Å². The third-order valence-electron chi connectivity index (χ3n) is 3.43. The van der Waals surface area contributed by atoms with Gasteiger partial charge in [-0.25, -0.2) is 14.5 Å². The molecule has 0 heterocycles. The molecule has 0 unspecified atom stereocenters. The summed E-state index contributed by atoms with van der Waals surface area (Å²) < 4.78 is 4.80. The number of halogens is 1. The van der Waals surface area contributed by atoms with Crippen LogP contribution < -0.4 is 10.2 Å². The van der Waals surface area contributed by atoms with Crippen LogP contribution in [0, 0.1) is 6.92 Å². The van der Waals surface area contributed by atoms with Crippen LogP contribution in [0.4, 0.5) is 4.79 Å². The number of hydrogen-bond acceptors (Lipinski definition) is 5. The highest BCUT2D eigenvalue weighted by Gasteiger charge is 2.10. The second kappa shape index (κ2) is 11.0. The third kappa shape index (κ3) is 6.64. The summed E-state index contributed by atoms with van der Waals surface area (Å²) in [6.45, 7) is 4.37. The number of rotatable bonds is 7. The Kier molecular flexibility index (Phi) is 9.01. The first-order valence-electron chi connectivity index (χ1n) is 8.04. The topological polar surface area (TPSA) is 73.9 Å². The number of carbonyl (C=O) groups excluding carboxylic acids is 2. The van der Waals surface area contributed by atoms with Crippen molar-refractivity contribution in [1.29, 1.82) is 0 Å². The number of carbonyl (C=O) groups is 2. The van der Waals surface area contributed by atoms with E-state index in [2.05, 4.69) is 5.32 Å². The van der Waals surface area contributed by atoms with Crippen molar-refractivity contribution < 1.29 is 24.1 Å². The molecule has 0 aliphatic heterocycles. The fourth-order valence-electron chi connectivity index (χ4n) is 2.09. The minimum absolute atomic E-state index is 0. The predicted molar refractivity (Wildman–Crippen MR) is 99.6 cm³/mol. The van der Waals surface area contributed by atoms with Crippen molar-refractivity contribution >= 4 is 24.5 Å². The summed E-state index contributed by atoms with van der Waals surface area (Å²) in [6.07, 6.45) is 0.158. The molecule has 1 amide bonds. The maximum absolute atomic E-state index is 11.9. The lowest BCUT2D eigenvalue weighted by Crippen LogP contribution is -2.26. The van der Waals surface area contributed by atoms with Crippen molar-refractivity contribution in [3.8, 4) is 5.75 Å². The minimum Gasteiger partial charge on any atom is -0.450 e. The number of aryl methyl sites for hydroxylation is 1. The van der Waals surface area contributed by atoms with Crippen molar-refractivity contribution in [2.75, 3.05) is 13.2 Å². The molecule has 7 heteroatoms. The summed E-state index contributed by atoms with van der Waals surface area (Å²) in [5, 5.41) is 2.65. The Balaban J connectivity index is 0.00000338. The fraction of sp³-hybridized carbons (Fsp3) is 0.263. The van der Waals surface area contributed by atoms with Gasteiger partial charge in [-0.05, 0) is 49.6 Å². The Hall–Kier alpha value is -2.73. The number of hydrogen-bond donors (Lipinski definition) is 1. The average molecular weight is 380 g/mol. The van der Waals surface area contributed by atoms with Crippen LogP contribution in [0.1, 0.15) is 28.4 Å². The minimum atomic E-state index is -0.561. The highest BCUT2D eigenvalue weighted by Crippen LogP contribution is 2.20. The zero-order valence-electron chi connectivity index (χ0n) is 14.7. The summed E-state index contributed by atoms with van der Waals surface area (Å²) in [5.74, 6) is -0.104. The number of alkyl carbamates (subject to hydrolysis) is 1. The van der Waals surface area contributed by atoms with Gasteiger partial charge >= 0.3 is 12.1 Å². The molecule has 0 saturated carbocycles. The number of amides is 1. The van der Waals surface area contributed by atoms with Gasteiger partial charge in [-0.15, -0.1) is 12.4 Å². The number of benzene rings is 2. The second-order valence-corrected chi connectivity index (χ2v) is 5.32. The monoisotopic (exact) mass is 379 g/mol. The van der Waals surface area contributed by atoms with E-state index in [9.17, 15) is 9.59 Å². The van der Waals surface area contributed by atoms with E-state index in [4.69, 9.17) is 14.5 Å². The number of ether oxygens (including phenoxy) is 1. The first-order chi connectivity index (χ1) is 12.1. The van der Waals surface area contributed by atoms with E-state index in [1.807, 2.05) is 25.1 Å². The Morgan fingerprint density at radius 3 is 2.50 bits per heavy atom. The van der Waals surface area contributed by atoms with Crippen LogP contribution in [-0.2, 0) is 16.0 Å². The molecule has 0 radical (unpaired) electrons.